The Morgan fingerprint density at radius 2 is 1.89 bits per heavy atom. The number of nitrogens with zero attached hydrogens (tertiary/aromatic N) is 1. The van der Waals surface area contributed by atoms with Crippen LogP contribution in [0.15, 0.2) is 12.1 Å². The highest BCUT2D eigenvalue weighted by Gasteiger charge is 2.21. The van der Waals surface area contributed by atoms with Crippen molar-refractivity contribution in [1.82, 2.24) is 9.88 Å². The van der Waals surface area contributed by atoms with Gasteiger partial charge in [-0.05, 0) is 51.3 Å². The second-order valence-electron chi connectivity index (χ2n) is 6.88. The van der Waals surface area contributed by atoms with Crippen LogP contribution in [-0.2, 0) is 19.1 Å². The van der Waals surface area contributed by atoms with Gasteiger partial charge in [0.15, 0.2) is 6.10 Å². The van der Waals surface area contributed by atoms with E-state index < -0.39 is 24.1 Å². The first-order valence-electron chi connectivity index (χ1n) is 9.29. The van der Waals surface area contributed by atoms with Crippen molar-refractivity contribution in [1.29, 1.82) is 0 Å². The number of ether oxygens (including phenoxy) is 2. The summed E-state index contributed by atoms with van der Waals surface area (Å²) in [5.74, 6) is -1.39. The lowest BCUT2D eigenvalue weighted by molar-refractivity contribution is -0.149. The smallest absolute Gasteiger partial charge is 0.413 e. The molecule has 1 N–H and O–H groups in total. The fourth-order valence-corrected chi connectivity index (χ4v) is 3.55. The summed E-state index contributed by atoms with van der Waals surface area (Å²) in [6.07, 6.45) is 7.20. The van der Waals surface area contributed by atoms with Crippen LogP contribution in [0.25, 0.3) is 6.08 Å². The molecular weight excluding hydrogens is 348 g/mol. The van der Waals surface area contributed by atoms with Crippen molar-refractivity contribution < 1.29 is 23.9 Å². The maximum atomic E-state index is 12.0. The Balaban J connectivity index is 1.99. The molecule has 1 fully saturated rings. The summed E-state index contributed by atoms with van der Waals surface area (Å²) in [6, 6.07) is 2.58. The lowest BCUT2D eigenvalue weighted by atomic mass is 9.95. The number of carbonyl (C=O) groups is 3. The Hall–Kier alpha value is -2.57. The first-order valence-corrected chi connectivity index (χ1v) is 9.29. The Morgan fingerprint density at radius 1 is 1.22 bits per heavy atom. The highest BCUT2D eigenvalue weighted by atomic mass is 16.6. The normalized spacial score (nSPS) is 16.1. The molecule has 0 aliphatic heterocycles. The van der Waals surface area contributed by atoms with Crippen molar-refractivity contribution in [3.63, 3.8) is 0 Å². The van der Waals surface area contributed by atoms with Gasteiger partial charge >= 0.3 is 12.1 Å². The minimum atomic E-state index is -1.10. The van der Waals surface area contributed by atoms with Gasteiger partial charge in [0.1, 0.15) is 0 Å². The highest BCUT2D eigenvalue weighted by Crippen LogP contribution is 2.32. The van der Waals surface area contributed by atoms with Crippen molar-refractivity contribution in [3.05, 3.63) is 29.1 Å². The summed E-state index contributed by atoms with van der Waals surface area (Å²) in [6.45, 7) is 5.52. The van der Waals surface area contributed by atoms with E-state index in [1.165, 1.54) is 50.8 Å². The summed E-state index contributed by atoms with van der Waals surface area (Å²) in [7, 11) is 1.14. The van der Waals surface area contributed by atoms with Crippen LogP contribution in [0.3, 0.4) is 0 Å². The van der Waals surface area contributed by atoms with Gasteiger partial charge in [0.25, 0.3) is 5.91 Å². The Labute approximate surface area is 159 Å². The van der Waals surface area contributed by atoms with Crippen LogP contribution in [0.2, 0.25) is 0 Å². The Bertz CT molecular complexity index is 729. The van der Waals surface area contributed by atoms with Gasteiger partial charge in [0.05, 0.1) is 7.11 Å². The van der Waals surface area contributed by atoms with Gasteiger partial charge in [-0.15, -0.1) is 0 Å². The predicted octanol–water partition coefficient (Wildman–Crippen LogP) is 3.44. The molecule has 1 aliphatic rings. The molecule has 0 unspecified atom stereocenters. The van der Waals surface area contributed by atoms with E-state index in [1.54, 1.807) is 6.08 Å². The molecule has 1 atom stereocenters. The molecule has 2 amide bonds. The van der Waals surface area contributed by atoms with Crippen LogP contribution >= 0.6 is 0 Å². The predicted molar refractivity (Wildman–Crippen MR) is 101 cm³/mol. The third kappa shape index (κ3) is 5.45. The largest absolute Gasteiger partial charge is 0.453 e. The van der Waals surface area contributed by atoms with Crippen LogP contribution in [0, 0.1) is 13.8 Å². The number of rotatable bonds is 5. The van der Waals surface area contributed by atoms with Crippen LogP contribution in [-0.4, -0.2) is 35.8 Å². The molecular formula is C20H28N2O5. The minimum absolute atomic E-state index is 0.523. The first-order chi connectivity index (χ1) is 12.8. The first kappa shape index (κ1) is 20.7. The molecule has 1 heterocycles. The van der Waals surface area contributed by atoms with Gasteiger partial charge in [-0.3, -0.25) is 10.1 Å². The van der Waals surface area contributed by atoms with E-state index >= 15 is 0 Å². The maximum Gasteiger partial charge on any atom is 0.413 e. The number of amides is 2. The average Bonchev–Trinajstić information content (AvgIpc) is 2.93. The molecule has 27 heavy (non-hydrogen) atoms. The molecule has 2 rings (SSSR count). The van der Waals surface area contributed by atoms with Crippen LogP contribution in [0.5, 0.6) is 0 Å². The number of methoxy groups -OCH3 is 1. The topological polar surface area (TPSA) is 86.6 Å². The van der Waals surface area contributed by atoms with Crippen LogP contribution in [0.4, 0.5) is 4.79 Å². The number of carbonyl (C=O) groups excluding carboxylic acids is 3. The molecule has 7 nitrogen and oxygen atoms in total. The second kappa shape index (κ2) is 9.39. The lowest BCUT2D eigenvalue weighted by Gasteiger charge is -2.26. The molecule has 1 aromatic heterocycles. The third-order valence-corrected chi connectivity index (χ3v) is 4.94. The van der Waals surface area contributed by atoms with Crippen molar-refractivity contribution in [2.24, 2.45) is 0 Å². The Kier molecular flexibility index (Phi) is 7.21. The summed E-state index contributed by atoms with van der Waals surface area (Å²) in [5.41, 5.74) is 3.26. The van der Waals surface area contributed by atoms with Gasteiger partial charge in [0, 0.05) is 23.5 Å². The molecule has 7 heteroatoms. The summed E-state index contributed by atoms with van der Waals surface area (Å²) >= 11 is 0. The molecule has 1 aliphatic carbocycles. The zero-order valence-electron chi connectivity index (χ0n) is 16.4. The van der Waals surface area contributed by atoms with E-state index in [2.05, 4.69) is 29.2 Å². The Morgan fingerprint density at radius 3 is 2.52 bits per heavy atom. The number of hydrogen-bond donors (Lipinski definition) is 1. The molecule has 0 aromatic carbocycles. The number of aromatic nitrogens is 1. The van der Waals surface area contributed by atoms with Gasteiger partial charge in [-0.1, -0.05) is 19.3 Å². The maximum absolute atomic E-state index is 12.0. The number of hydrogen-bond acceptors (Lipinski definition) is 5. The van der Waals surface area contributed by atoms with Crippen molar-refractivity contribution >= 4 is 24.0 Å². The van der Waals surface area contributed by atoms with E-state index in [-0.39, 0.29) is 0 Å². The van der Waals surface area contributed by atoms with Gasteiger partial charge in [0.2, 0.25) is 0 Å². The molecule has 0 saturated heterocycles. The minimum Gasteiger partial charge on any atom is -0.453 e. The van der Waals surface area contributed by atoms with Gasteiger partial charge in [-0.2, -0.15) is 0 Å². The standard InChI is InChI=1S/C20H28N2O5/c1-13-12-16(14(2)22(13)17-8-6-5-7-9-17)10-11-18(23)27-15(3)19(24)21-20(25)26-4/h10-12,15,17H,5-9H2,1-4H3,(H,21,24,25)/b11-10+/t15-/m1/s1. The van der Waals surface area contributed by atoms with Crippen molar-refractivity contribution in [2.45, 2.75) is 65.0 Å². The number of aryl methyl sites for hydroxylation is 1. The van der Waals surface area contributed by atoms with E-state index in [9.17, 15) is 14.4 Å². The van der Waals surface area contributed by atoms with Crippen LogP contribution < -0.4 is 5.32 Å². The van der Waals surface area contributed by atoms with Gasteiger partial charge < -0.3 is 14.0 Å². The van der Waals surface area contributed by atoms with E-state index in [4.69, 9.17) is 4.74 Å². The monoisotopic (exact) mass is 376 g/mol. The molecule has 0 spiro atoms. The van der Waals surface area contributed by atoms with E-state index in [0.717, 1.165) is 18.4 Å². The molecule has 0 radical (unpaired) electrons. The van der Waals surface area contributed by atoms with E-state index in [0.29, 0.717) is 6.04 Å². The quantitative estimate of drug-likeness (QED) is 0.628. The average molecular weight is 376 g/mol. The SMILES string of the molecule is COC(=O)NC(=O)[C@@H](C)OC(=O)/C=C/c1cc(C)n(C2CCCCC2)c1C. The molecule has 0 bridgehead atoms. The fourth-order valence-electron chi connectivity index (χ4n) is 3.55. The molecule has 1 aromatic rings. The number of alkyl carbamates (subject to hydrolysis) is 1. The molecule has 1 saturated carbocycles. The fraction of sp³-hybridized carbons (Fsp3) is 0.550. The molecule has 148 valence electrons. The summed E-state index contributed by atoms with van der Waals surface area (Å²) in [5, 5.41) is 1.96. The highest BCUT2D eigenvalue weighted by molar-refractivity contribution is 5.96. The van der Waals surface area contributed by atoms with E-state index in [1.807, 2.05) is 5.32 Å². The summed E-state index contributed by atoms with van der Waals surface area (Å²) in [4.78, 5) is 34.7. The lowest BCUT2D eigenvalue weighted by Crippen LogP contribution is -2.39. The van der Waals surface area contributed by atoms with Crippen LogP contribution in [0.1, 0.15) is 62.0 Å². The van der Waals surface area contributed by atoms with Crippen molar-refractivity contribution in [3.8, 4) is 0 Å². The zero-order valence-corrected chi connectivity index (χ0v) is 16.4. The second-order valence-corrected chi connectivity index (χ2v) is 6.88. The number of imide groups is 1. The van der Waals surface area contributed by atoms with Crippen molar-refractivity contribution in [2.75, 3.05) is 7.11 Å². The van der Waals surface area contributed by atoms with Gasteiger partial charge in [-0.25, -0.2) is 9.59 Å². The summed E-state index contributed by atoms with van der Waals surface area (Å²) < 4.78 is 11.7. The zero-order chi connectivity index (χ0) is 20.0. The third-order valence-electron chi connectivity index (χ3n) is 4.94. The number of esters is 1. The number of nitrogens with one attached hydrogen (secondary N) is 1.